The lowest BCUT2D eigenvalue weighted by molar-refractivity contribution is 0.0689. The van der Waals surface area contributed by atoms with E-state index in [0.29, 0.717) is 23.7 Å². The molecule has 0 fully saturated rings. The standard InChI is InChI=1S/C28H29N3O3/c1-20(2)31(27(32)22-13-9-6-10-14-22)19-25-26(21-11-7-5-8-12-21)29-30(3)28(25)34-24-17-15-23(33-4)16-18-24/h5-18,20H,19H2,1-4H3. The zero-order valence-electron chi connectivity index (χ0n) is 19.9. The molecule has 0 spiro atoms. The molecule has 174 valence electrons. The van der Waals surface area contributed by atoms with Gasteiger partial charge in [0.2, 0.25) is 5.88 Å². The van der Waals surface area contributed by atoms with Crippen molar-refractivity contribution in [1.29, 1.82) is 0 Å². The third-order valence-corrected chi connectivity index (χ3v) is 5.64. The summed E-state index contributed by atoms with van der Waals surface area (Å²) >= 11 is 0. The van der Waals surface area contributed by atoms with Gasteiger partial charge in [0, 0.05) is 24.2 Å². The smallest absolute Gasteiger partial charge is 0.254 e. The average Bonchev–Trinajstić information content (AvgIpc) is 3.18. The molecular formula is C28H29N3O3. The monoisotopic (exact) mass is 455 g/mol. The van der Waals surface area contributed by atoms with Gasteiger partial charge in [-0.2, -0.15) is 5.10 Å². The molecule has 0 aliphatic heterocycles. The van der Waals surface area contributed by atoms with Crippen molar-refractivity contribution in [2.45, 2.75) is 26.4 Å². The van der Waals surface area contributed by atoms with Crippen LogP contribution in [0, 0.1) is 0 Å². The molecule has 4 aromatic rings. The summed E-state index contributed by atoms with van der Waals surface area (Å²) in [4.78, 5) is 15.3. The number of hydrogen-bond acceptors (Lipinski definition) is 4. The molecule has 0 saturated carbocycles. The molecule has 1 aromatic heterocycles. The van der Waals surface area contributed by atoms with Gasteiger partial charge in [0.1, 0.15) is 17.2 Å². The second-order valence-corrected chi connectivity index (χ2v) is 8.29. The van der Waals surface area contributed by atoms with Crippen LogP contribution in [0.4, 0.5) is 0 Å². The Morgan fingerprint density at radius 1 is 0.912 bits per heavy atom. The highest BCUT2D eigenvalue weighted by Crippen LogP contribution is 2.35. The molecule has 0 atom stereocenters. The van der Waals surface area contributed by atoms with Gasteiger partial charge in [0.25, 0.3) is 5.91 Å². The van der Waals surface area contributed by atoms with E-state index >= 15 is 0 Å². The van der Waals surface area contributed by atoms with Crippen LogP contribution in [-0.2, 0) is 13.6 Å². The minimum atomic E-state index is -0.0335. The highest BCUT2D eigenvalue weighted by Gasteiger charge is 2.26. The summed E-state index contributed by atoms with van der Waals surface area (Å²) in [6.45, 7) is 4.39. The number of aromatic nitrogens is 2. The Morgan fingerprint density at radius 3 is 2.09 bits per heavy atom. The summed E-state index contributed by atoms with van der Waals surface area (Å²) in [5.41, 5.74) is 3.26. The van der Waals surface area contributed by atoms with Crippen LogP contribution >= 0.6 is 0 Å². The number of rotatable bonds is 8. The summed E-state index contributed by atoms with van der Waals surface area (Å²) in [6, 6.07) is 26.7. The van der Waals surface area contributed by atoms with Gasteiger partial charge in [0.05, 0.1) is 19.2 Å². The van der Waals surface area contributed by atoms with Crippen LogP contribution in [-0.4, -0.2) is 33.7 Å². The van der Waals surface area contributed by atoms with E-state index in [1.807, 2.05) is 111 Å². The first-order valence-corrected chi connectivity index (χ1v) is 11.3. The molecule has 1 heterocycles. The van der Waals surface area contributed by atoms with Crippen LogP contribution in [0.15, 0.2) is 84.9 Å². The van der Waals surface area contributed by atoms with E-state index in [2.05, 4.69) is 0 Å². The first-order chi connectivity index (χ1) is 16.5. The Balaban J connectivity index is 1.76. The minimum Gasteiger partial charge on any atom is -0.497 e. The molecule has 0 aliphatic rings. The number of hydrogen-bond donors (Lipinski definition) is 0. The summed E-state index contributed by atoms with van der Waals surface area (Å²) < 4.78 is 13.3. The maximum absolute atomic E-state index is 13.4. The van der Waals surface area contributed by atoms with Crippen LogP contribution in [0.25, 0.3) is 11.3 Å². The summed E-state index contributed by atoms with van der Waals surface area (Å²) in [6.07, 6.45) is 0. The molecule has 3 aromatic carbocycles. The van der Waals surface area contributed by atoms with Gasteiger partial charge in [-0.25, -0.2) is 4.68 Å². The van der Waals surface area contributed by atoms with Crippen LogP contribution in [0.5, 0.6) is 17.4 Å². The quantitative estimate of drug-likeness (QED) is 0.330. The molecule has 0 saturated heterocycles. The summed E-state index contributed by atoms with van der Waals surface area (Å²) in [5.74, 6) is 1.97. The number of benzene rings is 3. The van der Waals surface area contributed by atoms with Crippen LogP contribution < -0.4 is 9.47 Å². The zero-order chi connectivity index (χ0) is 24.1. The van der Waals surface area contributed by atoms with Crippen molar-refractivity contribution in [3.05, 3.63) is 96.1 Å². The number of ether oxygens (including phenoxy) is 2. The van der Waals surface area contributed by atoms with Gasteiger partial charge in [-0.3, -0.25) is 4.79 Å². The van der Waals surface area contributed by atoms with Crippen molar-refractivity contribution < 1.29 is 14.3 Å². The first kappa shape index (κ1) is 23.1. The highest BCUT2D eigenvalue weighted by molar-refractivity contribution is 5.94. The fourth-order valence-corrected chi connectivity index (χ4v) is 3.81. The fraction of sp³-hybridized carbons (Fsp3) is 0.214. The molecule has 4 rings (SSSR count). The average molecular weight is 456 g/mol. The van der Waals surface area contributed by atoms with Crippen LogP contribution in [0.2, 0.25) is 0 Å². The lowest BCUT2D eigenvalue weighted by Crippen LogP contribution is -2.36. The lowest BCUT2D eigenvalue weighted by Gasteiger charge is -2.27. The summed E-state index contributed by atoms with van der Waals surface area (Å²) in [7, 11) is 3.49. The Hall–Kier alpha value is -4.06. The second kappa shape index (κ2) is 10.3. The maximum Gasteiger partial charge on any atom is 0.254 e. The number of nitrogens with zero attached hydrogens (tertiary/aromatic N) is 3. The number of carbonyl (C=O) groups is 1. The third kappa shape index (κ3) is 4.96. The van der Waals surface area contributed by atoms with Gasteiger partial charge < -0.3 is 14.4 Å². The number of carbonyl (C=O) groups excluding carboxylic acids is 1. The molecule has 0 aliphatic carbocycles. The fourth-order valence-electron chi connectivity index (χ4n) is 3.81. The predicted octanol–water partition coefficient (Wildman–Crippen LogP) is 5.94. The van der Waals surface area contributed by atoms with Crippen molar-refractivity contribution in [3.63, 3.8) is 0 Å². The minimum absolute atomic E-state index is 0.0228. The Bertz CT molecular complexity index is 1230. The number of amides is 1. The van der Waals surface area contributed by atoms with Crippen molar-refractivity contribution >= 4 is 5.91 Å². The van der Waals surface area contributed by atoms with Gasteiger partial charge in [-0.15, -0.1) is 0 Å². The molecule has 6 heteroatoms. The molecule has 0 bridgehead atoms. The van der Waals surface area contributed by atoms with E-state index in [1.54, 1.807) is 11.8 Å². The number of methoxy groups -OCH3 is 1. The topological polar surface area (TPSA) is 56.6 Å². The SMILES string of the molecule is COc1ccc(Oc2c(CN(C(=O)c3ccccc3)C(C)C)c(-c3ccccc3)nn2C)cc1. The third-order valence-electron chi connectivity index (χ3n) is 5.64. The molecule has 6 nitrogen and oxygen atoms in total. The largest absolute Gasteiger partial charge is 0.497 e. The predicted molar refractivity (Wildman–Crippen MR) is 133 cm³/mol. The van der Waals surface area contributed by atoms with E-state index < -0.39 is 0 Å². The zero-order valence-corrected chi connectivity index (χ0v) is 19.9. The molecular weight excluding hydrogens is 426 g/mol. The van der Waals surface area contributed by atoms with Gasteiger partial charge in [-0.05, 0) is 50.2 Å². The Kier molecular flexibility index (Phi) is 6.97. The highest BCUT2D eigenvalue weighted by atomic mass is 16.5. The van der Waals surface area contributed by atoms with Crippen molar-refractivity contribution in [2.24, 2.45) is 7.05 Å². The molecule has 0 unspecified atom stereocenters. The molecule has 0 N–H and O–H groups in total. The van der Waals surface area contributed by atoms with Crippen molar-refractivity contribution in [1.82, 2.24) is 14.7 Å². The van der Waals surface area contributed by atoms with Crippen LogP contribution in [0.3, 0.4) is 0 Å². The van der Waals surface area contributed by atoms with E-state index in [1.165, 1.54) is 0 Å². The van der Waals surface area contributed by atoms with E-state index in [-0.39, 0.29) is 11.9 Å². The van der Waals surface area contributed by atoms with Crippen LogP contribution in [0.1, 0.15) is 29.8 Å². The first-order valence-electron chi connectivity index (χ1n) is 11.3. The normalized spacial score (nSPS) is 10.9. The van der Waals surface area contributed by atoms with E-state index in [0.717, 1.165) is 22.6 Å². The second-order valence-electron chi connectivity index (χ2n) is 8.29. The van der Waals surface area contributed by atoms with E-state index in [4.69, 9.17) is 14.6 Å². The maximum atomic E-state index is 13.4. The molecule has 1 amide bonds. The Morgan fingerprint density at radius 2 is 1.50 bits per heavy atom. The number of aryl methyl sites for hydroxylation is 1. The molecule has 0 radical (unpaired) electrons. The van der Waals surface area contributed by atoms with Gasteiger partial charge >= 0.3 is 0 Å². The molecule has 34 heavy (non-hydrogen) atoms. The lowest BCUT2D eigenvalue weighted by atomic mass is 10.1. The Labute approximate surface area is 200 Å². The van der Waals surface area contributed by atoms with Crippen molar-refractivity contribution in [2.75, 3.05) is 7.11 Å². The van der Waals surface area contributed by atoms with Crippen molar-refractivity contribution in [3.8, 4) is 28.6 Å². The van der Waals surface area contributed by atoms with E-state index in [9.17, 15) is 4.79 Å². The van der Waals surface area contributed by atoms with Gasteiger partial charge in [-0.1, -0.05) is 48.5 Å². The summed E-state index contributed by atoms with van der Waals surface area (Å²) in [5, 5.41) is 4.78. The van der Waals surface area contributed by atoms with Gasteiger partial charge in [0.15, 0.2) is 0 Å².